The Kier molecular flexibility index (Phi) is 5.25. The number of hydrogen-bond acceptors (Lipinski definition) is 1. The highest BCUT2D eigenvalue weighted by molar-refractivity contribution is 9.10. The molecule has 0 aromatic heterocycles. The van der Waals surface area contributed by atoms with E-state index in [0.717, 1.165) is 27.1 Å². The summed E-state index contributed by atoms with van der Waals surface area (Å²) in [5.74, 6) is 0. The van der Waals surface area contributed by atoms with E-state index in [4.69, 9.17) is 11.6 Å². The lowest BCUT2D eigenvalue weighted by molar-refractivity contribution is 0.691. The molecule has 1 nitrogen and oxygen atoms in total. The maximum atomic E-state index is 5.96. The first-order valence-corrected chi connectivity index (χ1v) is 7.51. The first-order valence-electron chi connectivity index (χ1n) is 5.55. The lowest BCUT2D eigenvalue weighted by Crippen LogP contribution is -2.12. The van der Waals surface area contributed by atoms with E-state index in [-0.39, 0.29) is 0 Å². The lowest BCUT2D eigenvalue weighted by Gasteiger charge is -2.07. The first-order chi connectivity index (χ1) is 8.66. The van der Waals surface area contributed by atoms with Gasteiger partial charge in [-0.25, -0.2) is 0 Å². The third-order valence-corrected chi connectivity index (χ3v) is 4.57. The van der Waals surface area contributed by atoms with Gasteiger partial charge >= 0.3 is 0 Å². The van der Waals surface area contributed by atoms with Crippen molar-refractivity contribution in [1.29, 1.82) is 0 Å². The Balaban J connectivity index is 1.92. The Morgan fingerprint density at radius 3 is 2.44 bits per heavy atom. The zero-order valence-corrected chi connectivity index (χ0v) is 13.5. The third-order valence-electron chi connectivity index (χ3n) is 2.59. The Labute approximate surface area is 129 Å². The summed E-state index contributed by atoms with van der Waals surface area (Å²) >= 11 is 12.9. The smallest absolute Gasteiger partial charge is 0.0548 e. The van der Waals surface area contributed by atoms with E-state index in [2.05, 4.69) is 49.3 Å². The van der Waals surface area contributed by atoms with Crippen molar-refractivity contribution in [3.05, 3.63) is 67.6 Å². The number of benzene rings is 2. The van der Waals surface area contributed by atoms with E-state index in [0.29, 0.717) is 0 Å². The molecule has 18 heavy (non-hydrogen) atoms. The standard InChI is InChI=1S/C14H12Br2ClN/c15-12-4-2-1-3-11(12)9-18-8-10-5-6-14(17)13(16)7-10/h1-7,18H,8-9H2. The molecular weight excluding hydrogens is 377 g/mol. The van der Waals surface area contributed by atoms with Crippen LogP contribution in [0.2, 0.25) is 5.02 Å². The van der Waals surface area contributed by atoms with Gasteiger partial charge in [-0.2, -0.15) is 0 Å². The van der Waals surface area contributed by atoms with Gasteiger partial charge in [0.1, 0.15) is 0 Å². The second kappa shape index (κ2) is 6.71. The average molecular weight is 390 g/mol. The number of rotatable bonds is 4. The van der Waals surface area contributed by atoms with Crippen LogP contribution in [0.25, 0.3) is 0 Å². The highest BCUT2D eigenvalue weighted by Crippen LogP contribution is 2.23. The van der Waals surface area contributed by atoms with Crippen LogP contribution in [-0.4, -0.2) is 0 Å². The topological polar surface area (TPSA) is 12.0 Å². The third kappa shape index (κ3) is 3.82. The molecule has 0 fully saturated rings. The van der Waals surface area contributed by atoms with Crippen molar-refractivity contribution >= 4 is 43.5 Å². The Morgan fingerprint density at radius 1 is 0.944 bits per heavy atom. The van der Waals surface area contributed by atoms with Crippen molar-refractivity contribution in [3.8, 4) is 0 Å². The van der Waals surface area contributed by atoms with Crippen LogP contribution < -0.4 is 5.32 Å². The van der Waals surface area contributed by atoms with E-state index in [9.17, 15) is 0 Å². The molecule has 2 aromatic carbocycles. The number of nitrogens with one attached hydrogen (secondary N) is 1. The van der Waals surface area contributed by atoms with Crippen molar-refractivity contribution in [2.75, 3.05) is 0 Å². The number of hydrogen-bond donors (Lipinski definition) is 1. The molecule has 1 N–H and O–H groups in total. The zero-order valence-electron chi connectivity index (χ0n) is 9.59. The molecule has 0 heterocycles. The summed E-state index contributed by atoms with van der Waals surface area (Å²) in [6, 6.07) is 14.2. The van der Waals surface area contributed by atoms with Crippen molar-refractivity contribution in [2.24, 2.45) is 0 Å². The largest absolute Gasteiger partial charge is 0.309 e. The fourth-order valence-corrected chi connectivity index (χ4v) is 2.60. The van der Waals surface area contributed by atoms with Gasteiger partial charge in [-0.15, -0.1) is 0 Å². The van der Waals surface area contributed by atoms with Gasteiger partial charge in [0.25, 0.3) is 0 Å². The SMILES string of the molecule is Clc1ccc(CNCc2ccccc2Br)cc1Br. The van der Waals surface area contributed by atoms with Crippen molar-refractivity contribution < 1.29 is 0 Å². The maximum absolute atomic E-state index is 5.96. The monoisotopic (exact) mass is 387 g/mol. The predicted octanol–water partition coefficient (Wildman–Crippen LogP) is 5.15. The predicted molar refractivity (Wildman–Crippen MR) is 83.8 cm³/mol. The molecule has 2 aromatic rings. The van der Waals surface area contributed by atoms with E-state index in [1.807, 2.05) is 30.3 Å². The minimum absolute atomic E-state index is 0.740. The van der Waals surface area contributed by atoms with Crippen LogP contribution in [0.5, 0.6) is 0 Å². The molecule has 0 saturated heterocycles. The summed E-state index contributed by atoms with van der Waals surface area (Å²) in [7, 11) is 0. The van der Waals surface area contributed by atoms with Gasteiger partial charge in [0, 0.05) is 22.0 Å². The van der Waals surface area contributed by atoms with E-state index < -0.39 is 0 Å². The average Bonchev–Trinajstić information content (AvgIpc) is 2.36. The van der Waals surface area contributed by atoms with Gasteiger partial charge < -0.3 is 5.32 Å². The van der Waals surface area contributed by atoms with Crippen LogP contribution in [0, 0.1) is 0 Å². The highest BCUT2D eigenvalue weighted by atomic mass is 79.9. The van der Waals surface area contributed by atoms with E-state index in [1.54, 1.807) is 0 Å². The van der Waals surface area contributed by atoms with Gasteiger partial charge in [-0.3, -0.25) is 0 Å². The van der Waals surface area contributed by atoms with Crippen molar-refractivity contribution in [1.82, 2.24) is 5.32 Å². The maximum Gasteiger partial charge on any atom is 0.0548 e. The van der Waals surface area contributed by atoms with Crippen molar-refractivity contribution in [3.63, 3.8) is 0 Å². The second-order valence-corrected chi connectivity index (χ2v) is 6.06. The lowest BCUT2D eigenvalue weighted by atomic mass is 10.2. The summed E-state index contributed by atoms with van der Waals surface area (Å²) in [5.41, 5.74) is 2.46. The second-order valence-electron chi connectivity index (χ2n) is 3.94. The fourth-order valence-electron chi connectivity index (χ4n) is 1.63. The molecule has 0 aliphatic rings. The number of halogens is 3. The van der Waals surface area contributed by atoms with Crippen LogP contribution in [0.1, 0.15) is 11.1 Å². The minimum Gasteiger partial charge on any atom is -0.309 e. The fraction of sp³-hybridized carbons (Fsp3) is 0.143. The molecule has 0 bridgehead atoms. The molecule has 2 rings (SSSR count). The molecule has 0 unspecified atom stereocenters. The molecule has 0 aliphatic carbocycles. The van der Waals surface area contributed by atoms with E-state index in [1.165, 1.54) is 11.1 Å². The van der Waals surface area contributed by atoms with Crippen molar-refractivity contribution in [2.45, 2.75) is 13.1 Å². The first kappa shape index (κ1) is 14.1. The quantitative estimate of drug-likeness (QED) is 0.762. The summed E-state index contributed by atoms with van der Waals surface area (Å²) in [6.45, 7) is 1.65. The molecular formula is C14H12Br2ClN. The minimum atomic E-state index is 0.740. The van der Waals surface area contributed by atoms with Gasteiger partial charge in [-0.05, 0) is 45.3 Å². The molecule has 94 valence electrons. The molecule has 0 atom stereocenters. The van der Waals surface area contributed by atoms with Crippen LogP contribution in [0.3, 0.4) is 0 Å². The Morgan fingerprint density at radius 2 is 1.72 bits per heavy atom. The van der Waals surface area contributed by atoms with Crippen LogP contribution in [0.15, 0.2) is 51.4 Å². The van der Waals surface area contributed by atoms with E-state index >= 15 is 0 Å². The Bertz CT molecular complexity index is 543. The molecule has 4 heteroatoms. The van der Waals surface area contributed by atoms with Gasteiger partial charge in [0.05, 0.1) is 5.02 Å². The summed E-state index contributed by atoms with van der Waals surface area (Å²) in [5, 5.41) is 4.15. The normalized spacial score (nSPS) is 10.6. The highest BCUT2D eigenvalue weighted by Gasteiger charge is 2.00. The van der Waals surface area contributed by atoms with Gasteiger partial charge in [-0.1, -0.05) is 51.8 Å². The molecule has 0 saturated carbocycles. The summed E-state index contributed by atoms with van der Waals surface area (Å²) in [6.07, 6.45) is 0. The summed E-state index contributed by atoms with van der Waals surface area (Å²) < 4.78 is 2.07. The van der Waals surface area contributed by atoms with Crippen LogP contribution >= 0.6 is 43.5 Å². The molecule has 0 amide bonds. The van der Waals surface area contributed by atoms with Gasteiger partial charge in [0.15, 0.2) is 0 Å². The van der Waals surface area contributed by atoms with Gasteiger partial charge in [0.2, 0.25) is 0 Å². The van der Waals surface area contributed by atoms with Crippen LogP contribution in [-0.2, 0) is 13.1 Å². The molecule has 0 spiro atoms. The molecule has 0 aliphatic heterocycles. The summed E-state index contributed by atoms with van der Waals surface area (Å²) in [4.78, 5) is 0. The zero-order chi connectivity index (χ0) is 13.0. The van der Waals surface area contributed by atoms with Crippen LogP contribution in [0.4, 0.5) is 0 Å². The Hall–Kier alpha value is -0.350. The molecule has 0 radical (unpaired) electrons.